The van der Waals surface area contributed by atoms with Crippen LogP contribution in [0.1, 0.15) is 12.8 Å². The number of methoxy groups -OCH3 is 1. The molecule has 5 heteroatoms. The van der Waals surface area contributed by atoms with Gasteiger partial charge in [0, 0.05) is 35.8 Å². The van der Waals surface area contributed by atoms with Crippen LogP contribution >= 0.6 is 11.8 Å². The number of carbonyl (C=O) groups excluding carboxylic acids is 1. The van der Waals surface area contributed by atoms with Crippen molar-refractivity contribution < 1.29 is 9.53 Å². The van der Waals surface area contributed by atoms with E-state index >= 15 is 0 Å². The average molecular weight is 356 g/mol. The summed E-state index contributed by atoms with van der Waals surface area (Å²) < 4.78 is 5.26. The van der Waals surface area contributed by atoms with E-state index in [2.05, 4.69) is 11.4 Å². The Morgan fingerprint density at radius 2 is 1.92 bits per heavy atom. The number of hydrogen-bond acceptors (Lipinski definition) is 4. The van der Waals surface area contributed by atoms with Crippen LogP contribution in [0.2, 0.25) is 0 Å². The number of carbonyl (C=O) groups is 1. The molecule has 25 heavy (non-hydrogen) atoms. The van der Waals surface area contributed by atoms with Gasteiger partial charge in [0.25, 0.3) is 0 Å². The number of benzene rings is 2. The van der Waals surface area contributed by atoms with Crippen molar-refractivity contribution in [2.24, 2.45) is 0 Å². The molecule has 1 saturated heterocycles. The zero-order chi connectivity index (χ0) is 17.5. The first-order valence-corrected chi connectivity index (χ1v) is 9.59. The van der Waals surface area contributed by atoms with Crippen LogP contribution in [0.15, 0.2) is 59.5 Å². The van der Waals surface area contributed by atoms with Crippen LogP contribution in [0.25, 0.3) is 0 Å². The first-order valence-electron chi connectivity index (χ1n) is 8.61. The molecule has 1 N–H and O–H groups in total. The van der Waals surface area contributed by atoms with Crippen LogP contribution in [0.5, 0.6) is 5.75 Å². The van der Waals surface area contributed by atoms with Crippen molar-refractivity contribution in [3.63, 3.8) is 0 Å². The highest BCUT2D eigenvalue weighted by molar-refractivity contribution is 8.00. The van der Waals surface area contributed by atoms with Gasteiger partial charge in [0.2, 0.25) is 5.91 Å². The molecule has 1 aliphatic heterocycles. The molecule has 0 bridgehead atoms. The van der Waals surface area contributed by atoms with Gasteiger partial charge in [-0.3, -0.25) is 4.79 Å². The molecule has 0 saturated carbocycles. The Morgan fingerprint density at radius 3 is 2.64 bits per heavy atom. The molecule has 4 nitrogen and oxygen atoms in total. The number of nitrogens with one attached hydrogen (secondary N) is 1. The van der Waals surface area contributed by atoms with Gasteiger partial charge in [-0.25, -0.2) is 0 Å². The van der Waals surface area contributed by atoms with Crippen molar-refractivity contribution >= 4 is 23.4 Å². The van der Waals surface area contributed by atoms with Crippen LogP contribution in [-0.2, 0) is 4.79 Å². The van der Waals surface area contributed by atoms with Gasteiger partial charge >= 0.3 is 0 Å². The second kappa shape index (κ2) is 8.81. The zero-order valence-electron chi connectivity index (χ0n) is 14.5. The lowest BCUT2D eigenvalue weighted by molar-refractivity contribution is -0.129. The highest BCUT2D eigenvalue weighted by Crippen LogP contribution is 2.22. The van der Waals surface area contributed by atoms with Gasteiger partial charge in [-0.05, 0) is 37.1 Å². The van der Waals surface area contributed by atoms with Gasteiger partial charge in [0.05, 0.1) is 12.9 Å². The number of anilines is 1. The standard InChI is InChI=1S/C20H24N2O2S/c1-24-18-7-5-6-17(14-18)21-16-10-12-22(13-11-16)20(23)15-25-19-8-3-2-4-9-19/h2-9,14,16,21H,10-13,15H2,1H3. The fourth-order valence-electron chi connectivity index (χ4n) is 2.97. The summed E-state index contributed by atoms with van der Waals surface area (Å²) in [6.45, 7) is 1.63. The van der Waals surface area contributed by atoms with E-state index in [9.17, 15) is 4.79 Å². The second-order valence-electron chi connectivity index (χ2n) is 6.13. The average Bonchev–Trinajstić information content (AvgIpc) is 2.67. The Balaban J connectivity index is 1.44. The molecule has 0 aromatic heterocycles. The molecule has 1 aliphatic rings. The number of hydrogen-bond donors (Lipinski definition) is 1. The Labute approximate surface area is 153 Å². The summed E-state index contributed by atoms with van der Waals surface area (Å²) in [5, 5.41) is 3.55. The number of amides is 1. The summed E-state index contributed by atoms with van der Waals surface area (Å²) in [5.41, 5.74) is 1.07. The van der Waals surface area contributed by atoms with Crippen LogP contribution in [0.3, 0.4) is 0 Å². The van der Waals surface area contributed by atoms with Crippen LogP contribution < -0.4 is 10.1 Å². The topological polar surface area (TPSA) is 41.6 Å². The van der Waals surface area contributed by atoms with Crippen molar-refractivity contribution in [3.05, 3.63) is 54.6 Å². The van der Waals surface area contributed by atoms with Gasteiger partial charge in [0.1, 0.15) is 5.75 Å². The molecule has 2 aromatic carbocycles. The monoisotopic (exact) mass is 356 g/mol. The molecular formula is C20H24N2O2S. The van der Waals surface area contributed by atoms with E-state index in [4.69, 9.17) is 4.74 Å². The molecule has 132 valence electrons. The fraction of sp³-hybridized carbons (Fsp3) is 0.350. The molecule has 3 rings (SSSR count). The Bertz CT molecular complexity index is 685. The fourth-order valence-corrected chi connectivity index (χ4v) is 3.80. The molecule has 0 atom stereocenters. The maximum Gasteiger partial charge on any atom is 0.232 e. The quantitative estimate of drug-likeness (QED) is 0.797. The van der Waals surface area contributed by atoms with Crippen LogP contribution in [-0.4, -0.2) is 42.8 Å². The second-order valence-corrected chi connectivity index (χ2v) is 7.18. The Hall–Kier alpha value is -2.14. The summed E-state index contributed by atoms with van der Waals surface area (Å²) in [7, 11) is 1.68. The van der Waals surface area contributed by atoms with Gasteiger partial charge in [-0.2, -0.15) is 0 Å². The van der Waals surface area contributed by atoms with Crippen LogP contribution in [0.4, 0.5) is 5.69 Å². The minimum absolute atomic E-state index is 0.230. The summed E-state index contributed by atoms with van der Waals surface area (Å²) in [5.74, 6) is 1.60. The molecular weight excluding hydrogens is 332 g/mol. The van der Waals surface area contributed by atoms with Crippen molar-refractivity contribution in [3.8, 4) is 5.75 Å². The smallest absolute Gasteiger partial charge is 0.232 e. The van der Waals surface area contributed by atoms with Crippen LogP contribution in [0, 0.1) is 0 Å². The highest BCUT2D eigenvalue weighted by Gasteiger charge is 2.22. The minimum atomic E-state index is 0.230. The number of thioether (sulfide) groups is 1. The Kier molecular flexibility index (Phi) is 6.23. The van der Waals surface area contributed by atoms with E-state index in [0.29, 0.717) is 11.8 Å². The maximum atomic E-state index is 12.4. The van der Waals surface area contributed by atoms with E-state index in [1.54, 1.807) is 18.9 Å². The van der Waals surface area contributed by atoms with E-state index in [1.807, 2.05) is 53.4 Å². The molecule has 2 aromatic rings. The van der Waals surface area contributed by atoms with E-state index in [-0.39, 0.29) is 5.91 Å². The van der Waals surface area contributed by atoms with Crippen molar-refractivity contribution in [1.29, 1.82) is 0 Å². The maximum absolute atomic E-state index is 12.4. The molecule has 1 fully saturated rings. The van der Waals surface area contributed by atoms with Gasteiger partial charge in [-0.1, -0.05) is 24.3 Å². The zero-order valence-corrected chi connectivity index (χ0v) is 15.3. The molecule has 1 amide bonds. The lowest BCUT2D eigenvalue weighted by atomic mass is 10.0. The molecule has 1 heterocycles. The summed E-state index contributed by atoms with van der Waals surface area (Å²) in [6.07, 6.45) is 1.94. The van der Waals surface area contributed by atoms with Gasteiger partial charge in [-0.15, -0.1) is 11.8 Å². The predicted octanol–water partition coefficient (Wildman–Crippen LogP) is 3.89. The molecule has 0 unspecified atom stereocenters. The summed E-state index contributed by atoms with van der Waals surface area (Å²) in [4.78, 5) is 15.5. The molecule has 0 aliphatic carbocycles. The number of nitrogens with zero attached hydrogens (tertiary/aromatic N) is 1. The van der Waals surface area contributed by atoms with Crippen molar-refractivity contribution in [2.45, 2.75) is 23.8 Å². The third kappa shape index (κ3) is 5.16. The van der Waals surface area contributed by atoms with E-state index in [0.717, 1.165) is 42.3 Å². The Morgan fingerprint density at radius 1 is 1.16 bits per heavy atom. The number of likely N-dealkylation sites (tertiary alicyclic amines) is 1. The predicted molar refractivity (Wildman–Crippen MR) is 103 cm³/mol. The number of ether oxygens (including phenoxy) is 1. The first kappa shape index (κ1) is 17.7. The third-order valence-electron chi connectivity index (χ3n) is 4.39. The SMILES string of the molecule is COc1cccc(NC2CCN(C(=O)CSc3ccccc3)CC2)c1. The number of piperidine rings is 1. The summed E-state index contributed by atoms with van der Waals surface area (Å²) in [6, 6.07) is 18.5. The normalized spacial score (nSPS) is 15.0. The number of rotatable bonds is 6. The van der Waals surface area contributed by atoms with E-state index in [1.165, 1.54) is 0 Å². The third-order valence-corrected chi connectivity index (χ3v) is 5.39. The van der Waals surface area contributed by atoms with Gasteiger partial charge < -0.3 is 15.0 Å². The van der Waals surface area contributed by atoms with E-state index < -0.39 is 0 Å². The summed E-state index contributed by atoms with van der Waals surface area (Å²) >= 11 is 1.61. The first-order chi connectivity index (χ1) is 12.2. The largest absolute Gasteiger partial charge is 0.497 e. The highest BCUT2D eigenvalue weighted by atomic mass is 32.2. The lowest BCUT2D eigenvalue weighted by Gasteiger charge is -2.33. The van der Waals surface area contributed by atoms with Crippen molar-refractivity contribution in [1.82, 2.24) is 4.90 Å². The van der Waals surface area contributed by atoms with Crippen molar-refractivity contribution in [2.75, 3.05) is 31.3 Å². The minimum Gasteiger partial charge on any atom is -0.497 e. The lowest BCUT2D eigenvalue weighted by Crippen LogP contribution is -2.43. The molecule has 0 spiro atoms. The molecule has 0 radical (unpaired) electrons. The van der Waals surface area contributed by atoms with Gasteiger partial charge in [0.15, 0.2) is 0 Å².